The zero-order chi connectivity index (χ0) is 22.2. The number of anilines is 3. The summed E-state index contributed by atoms with van der Waals surface area (Å²) in [5.41, 5.74) is 3.71. The second kappa shape index (κ2) is 7.71. The lowest BCUT2D eigenvalue weighted by Gasteiger charge is -2.34. The van der Waals surface area contributed by atoms with E-state index in [0.717, 1.165) is 6.07 Å². The van der Waals surface area contributed by atoms with Crippen molar-refractivity contribution in [2.24, 2.45) is 5.92 Å². The summed E-state index contributed by atoms with van der Waals surface area (Å²) in [5.74, 6) is -0.364. The largest absolute Gasteiger partial charge is 0.441 e. The van der Waals surface area contributed by atoms with E-state index < -0.39 is 29.4 Å². The van der Waals surface area contributed by atoms with Crippen molar-refractivity contribution in [1.29, 1.82) is 0 Å². The normalized spacial score (nSPS) is 23.6. The van der Waals surface area contributed by atoms with E-state index in [1.165, 1.54) is 4.90 Å². The summed E-state index contributed by atoms with van der Waals surface area (Å²) < 4.78 is 43.8. The molecule has 11 heteroatoms. The SMILES string of the molecule is Nc1cc(C(F)(F)F)cnc1NC(=O)C1CCC2(CC1)CN(c1ccccn1)C(=O)O2. The minimum atomic E-state index is -4.57. The molecule has 8 nitrogen and oxygen atoms in total. The zero-order valence-corrected chi connectivity index (χ0v) is 16.4. The molecule has 2 amide bonds. The molecule has 1 aliphatic carbocycles. The monoisotopic (exact) mass is 435 g/mol. The van der Waals surface area contributed by atoms with Gasteiger partial charge in [-0.25, -0.2) is 14.8 Å². The van der Waals surface area contributed by atoms with Gasteiger partial charge in [0.15, 0.2) is 5.82 Å². The van der Waals surface area contributed by atoms with Gasteiger partial charge in [-0.15, -0.1) is 0 Å². The fourth-order valence-electron chi connectivity index (χ4n) is 3.94. The Bertz CT molecular complexity index is 991. The molecule has 3 N–H and O–H groups in total. The Balaban J connectivity index is 1.37. The Morgan fingerprint density at radius 2 is 2.00 bits per heavy atom. The summed E-state index contributed by atoms with van der Waals surface area (Å²) in [6, 6.07) is 6.00. The van der Waals surface area contributed by atoms with Crippen molar-refractivity contribution in [2.45, 2.75) is 37.5 Å². The molecule has 1 saturated heterocycles. The van der Waals surface area contributed by atoms with Gasteiger partial charge in [-0.1, -0.05) is 6.07 Å². The van der Waals surface area contributed by atoms with Crippen LogP contribution in [0.25, 0.3) is 0 Å². The highest BCUT2D eigenvalue weighted by Crippen LogP contribution is 2.41. The summed E-state index contributed by atoms with van der Waals surface area (Å²) in [6.45, 7) is 0.352. The van der Waals surface area contributed by atoms with Crippen molar-refractivity contribution in [2.75, 3.05) is 22.5 Å². The second-order valence-electron chi connectivity index (χ2n) is 7.75. The molecule has 2 aromatic heterocycles. The maximum absolute atomic E-state index is 12.7. The lowest BCUT2D eigenvalue weighted by atomic mass is 9.78. The number of hydrogen-bond donors (Lipinski definition) is 2. The van der Waals surface area contributed by atoms with Gasteiger partial charge in [-0.3, -0.25) is 9.69 Å². The van der Waals surface area contributed by atoms with Gasteiger partial charge < -0.3 is 15.8 Å². The molecule has 31 heavy (non-hydrogen) atoms. The van der Waals surface area contributed by atoms with Gasteiger partial charge >= 0.3 is 12.3 Å². The van der Waals surface area contributed by atoms with Crippen LogP contribution in [0.3, 0.4) is 0 Å². The van der Waals surface area contributed by atoms with Crippen molar-refractivity contribution in [3.05, 3.63) is 42.2 Å². The lowest BCUT2D eigenvalue weighted by Crippen LogP contribution is -2.41. The summed E-state index contributed by atoms with van der Waals surface area (Å²) >= 11 is 0. The summed E-state index contributed by atoms with van der Waals surface area (Å²) in [6.07, 6.45) is -0.939. The number of nitrogens with one attached hydrogen (secondary N) is 1. The minimum Gasteiger partial charge on any atom is -0.441 e. The van der Waals surface area contributed by atoms with Crippen LogP contribution in [-0.2, 0) is 15.7 Å². The van der Waals surface area contributed by atoms with Crippen molar-refractivity contribution >= 4 is 29.3 Å². The van der Waals surface area contributed by atoms with E-state index in [1.807, 2.05) is 0 Å². The smallest absolute Gasteiger partial charge is 0.417 e. The van der Waals surface area contributed by atoms with Gasteiger partial charge in [0.25, 0.3) is 0 Å². The molecule has 1 aliphatic heterocycles. The number of nitrogens with zero attached hydrogens (tertiary/aromatic N) is 3. The maximum atomic E-state index is 12.7. The molecule has 0 radical (unpaired) electrons. The third-order valence-electron chi connectivity index (χ3n) is 5.65. The number of nitrogens with two attached hydrogens (primary N) is 1. The first-order valence-electron chi connectivity index (χ1n) is 9.72. The highest BCUT2D eigenvalue weighted by molar-refractivity contribution is 5.94. The van der Waals surface area contributed by atoms with Crippen LogP contribution in [0.4, 0.5) is 35.3 Å². The number of carbonyl (C=O) groups excluding carboxylic acids is 2. The Hall–Kier alpha value is -3.37. The highest BCUT2D eigenvalue weighted by atomic mass is 19.4. The number of aromatic nitrogens is 2. The molecule has 2 aromatic rings. The topological polar surface area (TPSA) is 110 Å². The number of hydrogen-bond acceptors (Lipinski definition) is 6. The maximum Gasteiger partial charge on any atom is 0.417 e. The lowest BCUT2D eigenvalue weighted by molar-refractivity contribution is -0.137. The summed E-state index contributed by atoms with van der Waals surface area (Å²) in [5, 5.41) is 2.51. The number of amides is 2. The molecule has 4 rings (SSSR count). The average molecular weight is 435 g/mol. The average Bonchev–Trinajstić information content (AvgIpc) is 3.05. The van der Waals surface area contributed by atoms with Gasteiger partial charge in [-0.2, -0.15) is 13.2 Å². The van der Waals surface area contributed by atoms with Crippen LogP contribution in [0.15, 0.2) is 36.7 Å². The Morgan fingerprint density at radius 1 is 1.26 bits per heavy atom. The Kier molecular flexibility index (Phi) is 5.19. The molecule has 1 spiro atoms. The molecule has 3 heterocycles. The third-order valence-corrected chi connectivity index (χ3v) is 5.65. The Labute approximate surface area is 175 Å². The second-order valence-corrected chi connectivity index (χ2v) is 7.75. The van der Waals surface area contributed by atoms with Crippen LogP contribution >= 0.6 is 0 Å². The Morgan fingerprint density at radius 3 is 2.61 bits per heavy atom. The fourth-order valence-corrected chi connectivity index (χ4v) is 3.94. The van der Waals surface area contributed by atoms with E-state index in [2.05, 4.69) is 15.3 Å². The number of alkyl halides is 3. The fraction of sp³-hybridized carbons (Fsp3) is 0.400. The van der Waals surface area contributed by atoms with E-state index in [-0.39, 0.29) is 17.4 Å². The molecule has 0 bridgehead atoms. The zero-order valence-electron chi connectivity index (χ0n) is 16.4. The third kappa shape index (κ3) is 4.25. The number of halogens is 3. The van der Waals surface area contributed by atoms with Crippen molar-refractivity contribution < 1.29 is 27.5 Å². The van der Waals surface area contributed by atoms with Gasteiger partial charge in [0, 0.05) is 18.3 Å². The summed E-state index contributed by atoms with van der Waals surface area (Å²) in [7, 11) is 0. The molecule has 2 fully saturated rings. The van der Waals surface area contributed by atoms with Crippen molar-refractivity contribution in [3.8, 4) is 0 Å². The molecule has 0 unspecified atom stereocenters. The minimum absolute atomic E-state index is 0.105. The molecule has 0 atom stereocenters. The number of pyridine rings is 2. The quantitative estimate of drug-likeness (QED) is 0.762. The molecule has 0 aromatic carbocycles. The summed E-state index contributed by atoms with van der Waals surface area (Å²) in [4.78, 5) is 34.2. The van der Waals surface area contributed by atoms with Crippen LogP contribution in [0.1, 0.15) is 31.2 Å². The van der Waals surface area contributed by atoms with E-state index in [1.54, 1.807) is 24.4 Å². The number of nitrogen functional groups attached to an aromatic ring is 1. The molecule has 164 valence electrons. The van der Waals surface area contributed by atoms with E-state index in [4.69, 9.17) is 10.5 Å². The first-order valence-corrected chi connectivity index (χ1v) is 9.72. The number of ether oxygens (including phenoxy) is 1. The molecule has 2 aliphatic rings. The van der Waals surface area contributed by atoms with Crippen LogP contribution < -0.4 is 16.0 Å². The molecule has 1 saturated carbocycles. The first-order chi connectivity index (χ1) is 14.7. The van der Waals surface area contributed by atoms with Gasteiger partial charge in [0.05, 0.1) is 17.8 Å². The van der Waals surface area contributed by atoms with Crippen molar-refractivity contribution in [3.63, 3.8) is 0 Å². The predicted molar refractivity (Wildman–Crippen MR) is 105 cm³/mol. The predicted octanol–water partition coefficient (Wildman–Crippen LogP) is 3.60. The van der Waals surface area contributed by atoms with E-state index in [0.29, 0.717) is 44.2 Å². The number of rotatable bonds is 3. The standard InChI is InChI=1S/C20H20F3N5O3/c21-20(22,23)13-9-14(24)16(26-10-13)27-17(29)12-4-6-19(7-5-12)11-28(18(30)31-19)15-3-1-2-8-25-15/h1-3,8-10,12H,4-7,11,24H2,(H,26,27,29). The van der Waals surface area contributed by atoms with Crippen molar-refractivity contribution in [1.82, 2.24) is 9.97 Å². The van der Waals surface area contributed by atoms with Gasteiger partial charge in [0.1, 0.15) is 11.4 Å². The van der Waals surface area contributed by atoms with Gasteiger partial charge in [0.2, 0.25) is 5.91 Å². The first kappa shape index (κ1) is 20.9. The van der Waals surface area contributed by atoms with Crippen LogP contribution in [0, 0.1) is 5.92 Å². The van der Waals surface area contributed by atoms with Crippen LogP contribution in [0.5, 0.6) is 0 Å². The molecular formula is C20H20F3N5O3. The van der Waals surface area contributed by atoms with E-state index >= 15 is 0 Å². The van der Waals surface area contributed by atoms with Crippen LogP contribution in [-0.4, -0.2) is 34.1 Å². The molecular weight excluding hydrogens is 415 g/mol. The van der Waals surface area contributed by atoms with E-state index in [9.17, 15) is 22.8 Å². The number of carbonyl (C=O) groups is 2. The highest BCUT2D eigenvalue weighted by Gasteiger charge is 2.49. The van der Waals surface area contributed by atoms with Crippen LogP contribution in [0.2, 0.25) is 0 Å². The van der Waals surface area contributed by atoms with Gasteiger partial charge in [-0.05, 0) is 43.9 Å².